The number of hydrogen-bond donors (Lipinski definition) is 0. The Hall–Kier alpha value is -2.52. The molecule has 0 aliphatic rings. The van der Waals surface area contributed by atoms with Crippen LogP contribution >= 0.6 is 11.6 Å². The van der Waals surface area contributed by atoms with E-state index in [1.54, 1.807) is 12.1 Å². The monoisotopic (exact) mass is 310 g/mol. The lowest BCUT2D eigenvalue weighted by Crippen LogP contribution is -1.98. The van der Waals surface area contributed by atoms with E-state index in [0.717, 1.165) is 21.9 Å². The van der Waals surface area contributed by atoms with Crippen molar-refractivity contribution in [3.63, 3.8) is 0 Å². The van der Waals surface area contributed by atoms with Crippen LogP contribution in [0.25, 0.3) is 33.3 Å². The van der Waals surface area contributed by atoms with E-state index in [0.29, 0.717) is 21.9 Å². The normalized spacial score (nSPS) is 11.4. The smallest absolute Gasteiger partial charge is 0.336 e. The Bertz CT molecular complexity index is 1040. The number of benzene rings is 2. The van der Waals surface area contributed by atoms with Crippen LogP contribution in [0.4, 0.5) is 0 Å². The highest BCUT2D eigenvalue weighted by molar-refractivity contribution is 6.32. The van der Waals surface area contributed by atoms with E-state index in [4.69, 9.17) is 20.4 Å². The zero-order valence-electron chi connectivity index (χ0n) is 11.7. The SMILES string of the molecule is Cc1cc2oc(=O)cc(-c3cc4ccccc4o3)c2cc1Cl. The number of rotatable bonds is 1. The molecule has 2 heterocycles. The van der Waals surface area contributed by atoms with Gasteiger partial charge in [-0.3, -0.25) is 0 Å². The van der Waals surface area contributed by atoms with Gasteiger partial charge in [0.1, 0.15) is 16.9 Å². The fraction of sp³-hybridized carbons (Fsp3) is 0.0556. The fourth-order valence-electron chi connectivity index (χ4n) is 2.60. The third-order valence-electron chi connectivity index (χ3n) is 3.71. The van der Waals surface area contributed by atoms with Crippen LogP contribution in [0.5, 0.6) is 0 Å². The summed E-state index contributed by atoms with van der Waals surface area (Å²) in [7, 11) is 0. The molecule has 0 atom stereocenters. The maximum Gasteiger partial charge on any atom is 0.336 e. The van der Waals surface area contributed by atoms with Crippen molar-refractivity contribution >= 4 is 33.5 Å². The number of aryl methyl sites for hydroxylation is 1. The molecular weight excluding hydrogens is 300 g/mol. The molecule has 0 aliphatic heterocycles. The predicted molar refractivity (Wildman–Crippen MR) is 87.4 cm³/mol. The summed E-state index contributed by atoms with van der Waals surface area (Å²) in [6, 6.07) is 14.6. The summed E-state index contributed by atoms with van der Waals surface area (Å²) in [6.07, 6.45) is 0. The predicted octanol–water partition coefficient (Wildman–Crippen LogP) is 5.17. The summed E-state index contributed by atoms with van der Waals surface area (Å²) in [6.45, 7) is 1.87. The molecule has 0 fully saturated rings. The van der Waals surface area contributed by atoms with Crippen LogP contribution in [-0.2, 0) is 0 Å². The summed E-state index contributed by atoms with van der Waals surface area (Å²) >= 11 is 6.22. The van der Waals surface area contributed by atoms with Crippen molar-refractivity contribution < 1.29 is 8.83 Å². The van der Waals surface area contributed by atoms with Gasteiger partial charge in [-0.05, 0) is 36.8 Å². The maximum absolute atomic E-state index is 11.8. The molecule has 0 unspecified atom stereocenters. The Labute approximate surface area is 130 Å². The first-order valence-corrected chi connectivity index (χ1v) is 7.22. The van der Waals surface area contributed by atoms with Gasteiger partial charge in [0, 0.05) is 27.4 Å². The summed E-state index contributed by atoms with van der Waals surface area (Å²) in [5.74, 6) is 0.624. The van der Waals surface area contributed by atoms with Gasteiger partial charge in [-0.2, -0.15) is 0 Å². The van der Waals surface area contributed by atoms with Crippen LogP contribution in [0.3, 0.4) is 0 Å². The molecular formula is C18H11ClO3. The average Bonchev–Trinajstić information content (AvgIpc) is 2.92. The van der Waals surface area contributed by atoms with Crippen LogP contribution in [-0.4, -0.2) is 0 Å². The molecule has 0 amide bonds. The second-order valence-corrected chi connectivity index (χ2v) is 5.63. The van der Waals surface area contributed by atoms with Crippen LogP contribution in [0, 0.1) is 6.92 Å². The minimum Gasteiger partial charge on any atom is -0.456 e. The van der Waals surface area contributed by atoms with E-state index in [2.05, 4.69) is 0 Å². The standard InChI is InChI=1S/C18H11ClO3/c1-10-6-16-12(8-14(10)19)13(9-18(20)22-16)17-7-11-4-2-3-5-15(11)21-17/h2-9H,1H3. The van der Waals surface area contributed by atoms with Gasteiger partial charge < -0.3 is 8.83 Å². The first-order valence-electron chi connectivity index (χ1n) is 6.85. The highest BCUT2D eigenvalue weighted by Crippen LogP contribution is 2.34. The lowest BCUT2D eigenvalue weighted by molar-refractivity contribution is 0.559. The molecule has 0 radical (unpaired) electrons. The lowest BCUT2D eigenvalue weighted by atomic mass is 10.1. The molecule has 0 saturated heterocycles. The van der Waals surface area contributed by atoms with Gasteiger partial charge in [0.15, 0.2) is 0 Å². The molecule has 4 heteroatoms. The average molecular weight is 311 g/mol. The Morgan fingerprint density at radius 3 is 2.59 bits per heavy atom. The third kappa shape index (κ3) is 2.02. The molecule has 0 spiro atoms. The first-order chi connectivity index (χ1) is 10.6. The number of fused-ring (bicyclic) bond motifs is 2. The van der Waals surface area contributed by atoms with Gasteiger partial charge >= 0.3 is 5.63 Å². The summed E-state index contributed by atoms with van der Waals surface area (Å²) < 4.78 is 11.1. The molecule has 2 aromatic heterocycles. The van der Waals surface area contributed by atoms with E-state index < -0.39 is 5.63 Å². The molecule has 108 valence electrons. The van der Waals surface area contributed by atoms with Gasteiger partial charge in [-0.1, -0.05) is 29.8 Å². The number of para-hydroxylation sites is 1. The molecule has 0 aliphatic carbocycles. The van der Waals surface area contributed by atoms with Crippen molar-refractivity contribution in [1.29, 1.82) is 0 Å². The highest BCUT2D eigenvalue weighted by atomic mass is 35.5. The van der Waals surface area contributed by atoms with E-state index in [1.165, 1.54) is 6.07 Å². The summed E-state index contributed by atoms with van der Waals surface area (Å²) in [5.41, 5.74) is 2.41. The van der Waals surface area contributed by atoms with Crippen molar-refractivity contribution in [3.8, 4) is 11.3 Å². The van der Waals surface area contributed by atoms with Crippen molar-refractivity contribution in [3.05, 3.63) is 69.5 Å². The Kier molecular flexibility index (Phi) is 2.84. The molecule has 4 aromatic rings. The van der Waals surface area contributed by atoms with Crippen LogP contribution in [0.2, 0.25) is 5.02 Å². The Morgan fingerprint density at radius 1 is 0.955 bits per heavy atom. The maximum atomic E-state index is 11.8. The molecule has 0 bridgehead atoms. The minimum absolute atomic E-state index is 0.412. The molecule has 0 saturated carbocycles. The van der Waals surface area contributed by atoms with Crippen LogP contribution in [0.1, 0.15) is 5.56 Å². The first kappa shape index (κ1) is 13.2. The van der Waals surface area contributed by atoms with E-state index in [1.807, 2.05) is 37.3 Å². The van der Waals surface area contributed by atoms with Gasteiger partial charge in [0.2, 0.25) is 0 Å². The molecule has 2 aromatic carbocycles. The molecule has 22 heavy (non-hydrogen) atoms. The Balaban J connectivity index is 2.08. The second-order valence-electron chi connectivity index (χ2n) is 5.23. The molecule has 3 nitrogen and oxygen atoms in total. The zero-order valence-corrected chi connectivity index (χ0v) is 12.5. The molecule has 4 rings (SSSR count). The topological polar surface area (TPSA) is 43.4 Å². The van der Waals surface area contributed by atoms with E-state index in [-0.39, 0.29) is 0 Å². The van der Waals surface area contributed by atoms with Gasteiger partial charge in [-0.15, -0.1) is 0 Å². The van der Waals surface area contributed by atoms with Crippen molar-refractivity contribution in [1.82, 2.24) is 0 Å². The number of halogens is 1. The number of hydrogen-bond acceptors (Lipinski definition) is 3. The van der Waals surface area contributed by atoms with Crippen molar-refractivity contribution in [2.45, 2.75) is 6.92 Å². The number of furan rings is 1. The quantitative estimate of drug-likeness (QED) is 0.456. The van der Waals surface area contributed by atoms with Crippen molar-refractivity contribution in [2.24, 2.45) is 0 Å². The largest absolute Gasteiger partial charge is 0.456 e. The van der Waals surface area contributed by atoms with Gasteiger partial charge in [-0.25, -0.2) is 4.79 Å². The zero-order chi connectivity index (χ0) is 15.3. The van der Waals surface area contributed by atoms with Gasteiger partial charge in [0.05, 0.1) is 0 Å². The Morgan fingerprint density at radius 2 is 1.77 bits per heavy atom. The van der Waals surface area contributed by atoms with Crippen molar-refractivity contribution in [2.75, 3.05) is 0 Å². The summed E-state index contributed by atoms with van der Waals surface area (Å²) in [4.78, 5) is 11.8. The van der Waals surface area contributed by atoms with Crippen LogP contribution in [0.15, 0.2) is 62.2 Å². The third-order valence-corrected chi connectivity index (χ3v) is 4.12. The lowest BCUT2D eigenvalue weighted by Gasteiger charge is -2.05. The van der Waals surface area contributed by atoms with E-state index >= 15 is 0 Å². The molecule has 0 N–H and O–H groups in total. The highest BCUT2D eigenvalue weighted by Gasteiger charge is 2.13. The minimum atomic E-state index is -0.412. The summed E-state index contributed by atoms with van der Waals surface area (Å²) in [5, 5.41) is 2.37. The fourth-order valence-corrected chi connectivity index (χ4v) is 2.77. The van der Waals surface area contributed by atoms with E-state index in [9.17, 15) is 4.79 Å². The second kappa shape index (κ2) is 4.75. The van der Waals surface area contributed by atoms with Gasteiger partial charge in [0.25, 0.3) is 0 Å². The van der Waals surface area contributed by atoms with Crippen LogP contribution < -0.4 is 5.63 Å².